The van der Waals surface area contributed by atoms with Gasteiger partial charge in [-0.1, -0.05) is 6.07 Å². The largest absolute Gasteiger partial charge is 0.416 e. The Labute approximate surface area is 163 Å². The fourth-order valence-corrected chi connectivity index (χ4v) is 3.23. The van der Waals surface area contributed by atoms with E-state index in [4.69, 9.17) is 0 Å². The van der Waals surface area contributed by atoms with E-state index in [0.29, 0.717) is 24.6 Å². The van der Waals surface area contributed by atoms with Gasteiger partial charge in [-0.3, -0.25) is 9.69 Å². The number of halogens is 4. The van der Waals surface area contributed by atoms with Gasteiger partial charge in [0.15, 0.2) is 0 Å². The Morgan fingerprint density at radius 3 is 2.42 bits per heavy atom. The van der Waals surface area contributed by atoms with Crippen LogP contribution in [0.2, 0.25) is 0 Å². The molecule has 0 bridgehead atoms. The fourth-order valence-electron chi connectivity index (χ4n) is 2.71. The predicted molar refractivity (Wildman–Crippen MR) is 103 cm³/mol. The lowest BCUT2D eigenvalue weighted by Gasteiger charge is -2.42. The zero-order chi connectivity index (χ0) is 19.1. The Kier molecular flexibility index (Phi) is 5.16. The molecule has 0 spiro atoms. The summed E-state index contributed by atoms with van der Waals surface area (Å²) in [6.45, 7) is 3.11. The maximum Gasteiger partial charge on any atom is 0.416 e. The van der Waals surface area contributed by atoms with E-state index >= 15 is 0 Å². The molecular formula is C18H17F3IN3O. The number of nitrogens with zero attached hydrogens (tertiary/aromatic N) is 2. The maximum absolute atomic E-state index is 13.1. The van der Waals surface area contributed by atoms with Crippen molar-refractivity contribution in [1.82, 2.24) is 4.90 Å². The molecule has 1 aliphatic rings. The number of rotatable bonds is 3. The number of hydrogen-bond acceptors (Lipinski definition) is 3. The van der Waals surface area contributed by atoms with E-state index < -0.39 is 17.6 Å². The number of benzene rings is 2. The molecule has 2 aromatic carbocycles. The highest BCUT2D eigenvalue weighted by Gasteiger charge is 2.32. The van der Waals surface area contributed by atoms with Gasteiger partial charge in [-0.15, -0.1) is 0 Å². The molecule has 1 N–H and O–H groups in total. The van der Waals surface area contributed by atoms with Crippen LogP contribution in [0.3, 0.4) is 0 Å². The molecular weight excluding hydrogens is 458 g/mol. The van der Waals surface area contributed by atoms with E-state index in [1.807, 2.05) is 29.8 Å². The van der Waals surface area contributed by atoms with Crippen LogP contribution in [0.5, 0.6) is 0 Å². The van der Waals surface area contributed by atoms with Crippen molar-refractivity contribution in [2.45, 2.75) is 13.1 Å². The second-order valence-corrected chi connectivity index (χ2v) is 7.49. The molecule has 1 saturated heterocycles. The summed E-state index contributed by atoms with van der Waals surface area (Å²) < 4.78 is 40.2. The first-order chi connectivity index (χ1) is 12.1. The highest BCUT2D eigenvalue weighted by atomic mass is 127. The van der Waals surface area contributed by atoms with Gasteiger partial charge in [0.05, 0.1) is 30.3 Å². The highest BCUT2D eigenvalue weighted by Crippen LogP contribution is 2.37. The second kappa shape index (κ2) is 7.07. The average Bonchev–Trinajstić information content (AvgIpc) is 2.53. The second-order valence-electron chi connectivity index (χ2n) is 6.33. The first kappa shape index (κ1) is 19.0. The van der Waals surface area contributed by atoms with E-state index in [0.717, 1.165) is 21.3 Å². The molecule has 0 aromatic heterocycles. The lowest BCUT2D eigenvalue weighted by molar-refractivity contribution is -0.137. The molecule has 1 aliphatic heterocycles. The third-order valence-electron chi connectivity index (χ3n) is 4.17. The smallest absolute Gasteiger partial charge is 0.344 e. The summed E-state index contributed by atoms with van der Waals surface area (Å²) >= 11 is 2.12. The Balaban J connectivity index is 1.93. The zero-order valence-electron chi connectivity index (χ0n) is 14.2. The van der Waals surface area contributed by atoms with Crippen molar-refractivity contribution in [3.8, 4) is 0 Å². The number of amides is 1. The molecule has 4 nitrogen and oxygen atoms in total. The average molecular weight is 475 g/mol. The van der Waals surface area contributed by atoms with Gasteiger partial charge in [-0.05, 0) is 72.5 Å². The highest BCUT2D eigenvalue weighted by molar-refractivity contribution is 14.1. The van der Waals surface area contributed by atoms with Crippen LogP contribution < -0.4 is 10.2 Å². The Hall–Kier alpha value is -1.81. The molecule has 2 aromatic rings. The standard InChI is InChI=1S/C18H17F3IN3O/c1-11-3-4-12(7-14(11)22)17(26)23-15-8-13(18(19,20)21)5-6-16(15)25-9-24(2)10-25/h3-8H,9-10H2,1-2H3,(H,23,26). The molecule has 0 radical (unpaired) electrons. The van der Waals surface area contributed by atoms with Gasteiger partial charge in [0.25, 0.3) is 5.91 Å². The van der Waals surface area contributed by atoms with Crippen LogP contribution in [0.15, 0.2) is 36.4 Å². The van der Waals surface area contributed by atoms with E-state index in [9.17, 15) is 18.0 Å². The first-order valence-electron chi connectivity index (χ1n) is 7.87. The van der Waals surface area contributed by atoms with Crippen LogP contribution in [-0.2, 0) is 6.18 Å². The van der Waals surface area contributed by atoms with Crippen LogP contribution in [0, 0.1) is 10.5 Å². The third kappa shape index (κ3) is 3.96. The summed E-state index contributed by atoms with van der Waals surface area (Å²) in [7, 11) is 1.91. The predicted octanol–water partition coefficient (Wildman–Crippen LogP) is 4.54. The Bertz CT molecular complexity index is 848. The minimum atomic E-state index is -4.47. The SMILES string of the molecule is Cc1ccc(C(=O)Nc2cc(C(F)(F)F)ccc2N2CN(C)C2)cc1I. The number of aryl methyl sites for hydroxylation is 1. The van der Waals surface area contributed by atoms with Gasteiger partial charge in [-0.2, -0.15) is 13.2 Å². The molecule has 0 atom stereocenters. The number of carbonyl (C=O) groups is 1. The van der Waals surface area contributed by atoms with Crippen molar-refractivity contribution < 1.29 is 18.0 Å². The lowest BCUT2D eigenvalue weighted by Crippen LogP contribution is -2.53. The maximum atomic E-state index is 13.1. The lowest BCUT2D eigenvalue weighted by atomic mass is 10.1. The molecule has 1 amide bonds. The van der Waals surface area contributed by atoms with Gasteiger partial charge in [-0.25, -0.2) is 0 Å². The quantitative estimate of drug-likeness (QED) is 0.663. The normalized spacial score (nSPS) is 14.9. The van der Waals surface area contributed by atoms with E-state index in [2.05, 4.69) is 27.9 Å². The number of anilines is 2. The summed E-state index contributed by atoms with van der Waals surface area (Å²) in [5, 5.41) is 2.65. The number of carbonyl (C=O) groups excluding carboxylic acids is 1. The van der Waals surface area contributed by atoms with Crippen molar-refractivity contribution in [2.75, 3.05) is 30.6 Å². The number of nitrogens with one attached hydrogen (secondary N) is 1. The van der Waals surface area contributed by atoms with Crippen LogP contribution in [0.1, 0.15) is 21.5 Å². The Morgan fingerprint density at radius 1 is 1.15 bits per heavy atom. The van der Waals surface area contributed by atoms with Gasteiger partial charge < -0.3 is 10.2 Å². The summed E-state index contributed by atoms with van der Waals surface area (Å²) in [5.74, 6) is -0.433. The van der Waals surface area contributed by atoms with Gasteiger partial charge in [0.1, 0.15) is 0 Å². The number of hydrogen-bond donors (Lipinski definition) is 1. The van der Waals surface area contributed by atoms with Crippen LogP contribution in [-0.4, -0.2) is 31.2 Å². The zero-order valence-corrected chi connectivity index (χ0v) is 16.4. The van der Waals surface area contributed by atoms with Crippen molar-refractivity contribution in [2.24, 2.45) is 0 Å². The molecule has 1 fully saturated rings. The summed E-state index contributed by atoms with van der Waals surface area (Å²) in [6.07, 6.45) is -4.47. The van der Waals surface area contributed by atoms with E-state index in [-0.39, 0.29) is 5.69 Å². The van der Waals surface area contributed by atoms with Crippen molar-refractivity contribution >= 4 is 39.9 Å². The summed E-state index contributed by atoms with van der Waals surface area (Å²) in [5.41, 5.74) is 1.39. The molecule has 8 heteroatoms. The summed E-state index contributed by atoms with van der Waals surface area (Å²) in [6, 6.07) is 8.63. The minimum absolute atomic E-state index is 0.161. The van der Waals surface area contributed by atoms with Crippen LogP contribution in [0.25, 0.3) is 0 Å². The van der Waals surface area contributed by atoms with Gasteiger partial charge in [0.2, 0.25) is 0 Å². The van der Waals surface area contributed by atoms with Crippen LogP contribution in [0.4, 0.5) is 24.5 Å². The van der Waals surface area contributed by atoms with E-state index in [1.165, 1.54) is 6.07 Å². The molecule has 0 saturated carbocycles. The molecule has 3 rings (SSSR count). The van der Waals surface area contributed by atoms with Gasteiger partial charge >= 0.3 is 6.18 Å². The van der Waals surface area contributed by atoms with Crippen LogP contribution >= 0.6 is 22.6 Å². The Morgan fingerprint density at radius 2 is 1.85 bits per heavy atom. The topological polar surface area (TPSA) is 35.6 Å². The third-order valence-corrected chi connectivity index (χ3v) is 5.33. The molecule has 138 valence electrons. The van der Waals surface area contributed by atoms with Crippen molar-refractivity contribution in [3.63, 3.8) is 0 Å². The minimum Gasteiger partial charge on any atom is -0.344 e. The molecule has 0 aliphatic carbocycles. The monoisotopic (exact) mass is 475 g/mol. The van der Waals surface area contributed by atoms with E-state index in [1.54, 1.807) is 12.1 Å². The van der Waals surface area contributed by atoms with Crippen molar-refractivity contribution in [3.05, 3.63) is 56.7 Å². The van der Waals surface area contributed by atoms with Crippen molar-refractivity contribution in [1.29, 1.82) is 0 Å². The summed E-state index contributed by atoms with van der Waals surface area (Å²) in [4.78, 5) is 16.5. The molecule has 0 unspecified atom stereocenters. The molecule has 1 heterocycles. The number of alkyl halides is 3. The fraction of sp³-hybridized carbons (Fsp3) is 0.278. The molecule has 26 heavy (non-hydrogen) atoms. The first-order valence-corrected chi connectivity index (χ1v) is 8.95. The van der Waals surface area contributed by atoms with Gasteiger partial charge in [0, 0.05) is 9.13 Å².